The first-order chi connectivity index (χ1) is 14.2. The second-order valence-electron chi connectivity index (χ2n) is 6.04. The van der Waals surface area contributed by atoms with Gasteiger partial charge in [-0.25, -0.2) is 18.0 Å². The highest BCUT2D eigenvalue weighted by Crippen LogP contribution is 2.21. The molecule has 0 aliphatic carbocycles. The van der Waals surface area contributed by atoms with E-state index in [0.29, 0.717) is 12.1 Å². The van der Waals surface area contributed by atoms with Crippen LogP contribution in [-0.2, 0) is 17.8 Å². The molecule has 164 valence electrons. The van der Waals surface area contributed by atoms with E-state index in [4.69, 9.17) is 9.47 Å². The predicted molar refractivity (Wildman–Crippen MR) is 99.7 cm³/mol. The number of aromatic nitrogens is 1. The number of aliphatic hydroxyl groups excluding tert-OH is 1. The molecule has 0 amide bonds. The Morgan fingerprint density at radius 3 is 2.33 bits per heavy atom. The summed E-state index contributed by atoms with van der Waals surface area (Å²) in [6, 6.07) is 0.992. The first-order valence-corrected chi connectivity index (χ1v) is 9.00. The number of nitrogens with one attached hydrogen (secondary N) is 1. The van der Waals surface area contributed by atoms with Gasteiger partial charge in [0, 0.05) is 30.4 Å². The molecule has 0 bridgehead atoms. The molecule has 0 spiro atoms. The molecule has 0 radical (unpaired) electrons. The van der Waals surface area contributed by atoms with Crippen LogP contribution in [0.15, 0.2) is 23.1 Å². The molecule has 2 rings (SSSR count). The fourth-order valence-electron chi connectivity index (χ4n) is 2.70. The van der Waals surface area contributed by atoms with Crippen molar-refractivity contribution in [2.45, 2.75) is 33.2 Å². The second kappa shape index (κ2) is 10.1. The van der Waals surface area contributed by atoms with Crippen LogP contribution in [0.25, 0.3) is 0 Å². The number of pyridine rings is 1. The number of anilines is 1. The van der Waals surface area contributed by atoms with Gasteiger partial charge in [-0.15, -0.1) is 0 Å². The number of nitrogens with zero attached hydrogens (tertiary/aromatic N) is 1. The van der Waals surface area contributed by atoms with Gasteiger partial charge in [-0.1, -0.05) is 0 Å². The van der Waals surface area contributed by atoms with E-state index in [2.05, 4.69) is 5.32 Å². The lowest BCUT2D eigenvalue weighted by molar-refractivity contribution is -0.0518. The van der Waals surface area contributed by atoms with Crippen LogP contribution in [0.1, 0.15) is 29.9 Å². The average Bonchev–Trinajstić information content (AvgIpc) is 2.64. The Morgan fingerprint density at radius 1 is 1.17 bits per heavy atom. The molecule has 0 aliphatic rings. The highest BCUT2D eigenvalue weighted by Gasteiger charge is 2.25. The van der Waals surface area contributed by atoms with Crippen LogP contribution in [-0.4, -0.2) is 40.3 Å². The van der Waals surface area contributed by atoms with Gasteiger partial charge in [0.2, 0.25) is 5.43 Å². The van der Waals surface area contributed by atoms with Gasteiger partial charge in [-0.05, 0) is 13.8 Å². The summed E-state index contributed by atoms with van der Waals surface area (Å²) < 4.78 is 52.0. The predicted octanol–water partition coefficient (Wildman–Crippen LogP) is 1.76. The second-order valence-corrected chi connectivity index (χ2v) is 6.04. The van der Waals surface area contributed by atoms with Gasteiger partial charge in [-0.3, -0.25) is 4.79 Å². The zero-order valence-corrected chi connectivity index (χ0v) is 16.2. The van der Waals surface area contributed by atoms with Crippen LogP contribution < -0.4 is 15.5 Å². The maximum absolute atomic E-state index is 13.9. The van der Waals surface area contributed by atoms with Gasteiger partial charge in [-0.2, -0.15) is 0 Å². The van der Waals surface area contributed by atoms with Gasteiger partial charge >= 0.3 is 5.97 Å². The van der Waals surface area contributed by atoms with Crippen molar-refractivity contribution in [1.82, 2.24) is 4.57 Å². The largest absolute Gasteiger partial charge is 0.488 e. The molecule has 2 aromatic rings. The lowest BCUT2D eigenvalue weighted by atomic mass is 10.2. The molecule has 0 fully saturated rings. The minimum absolute atomic E-state index is 0.00596. The number of hydrogen-bond acceptors (Lipinski definition) is 7. The summed E-state index contributed by atoms with van der Waals surface area (Å²) in [4.78, 5) is 25.1. The zero-order valence-electron chi connectivity index (χ0n) is 16.2. The van der Waals surface area contributed by atoms with Crippen molar-refractivity contribution in [3.63, 3.8) is 0 Å². The first kappa shape index (κ1) is 23.2. The molecule has 0 unspecified atom stereocenters. The van der Waals surface area contributed by atoms with Crippen molar-refractivity contribution in [2.75, 3.05) is 18.5 Å². The molecule has 1 aromatic carbocycles. The normalized spacial score (nSPS) is 10.9. The average molecular weight is 430 g/mol. The number of carbonyl (C=O) groups is 1. The van der Waals surface area contributed by atoms with E-state index in [1.54, 1.807) is 13.8 Å². The zero-order chi connectivity index (χ0) is 22.4. The van der Waals surface area contributed by atoms with Crippen LogP contribution in [0.3, 0.4) is 0 Å². The molecule has 1 aromatic heterocycles. The lowest BCUT2D eigenvalue weighted by Gasteiger charge is -2.19. The molecule has 1 heterocycles. The van der Waals surface area contributed by atoms with Gasteiger partial charge < -0.3 is 29.6 Å². The SMILES string of the molecule is CCOC(=O)c1c(OCC)c(=O)c(NCc2c(F)cc(F)cc2F)cn1CC(O)O. The monoisotopic (exact) mass is 430 g/mol. The fraction of sp³-hybridized carbons (Fsp3) is 0.368. The van der Waals surface area contributed by atoms with E-state index < -0.39 is 59.5 Å². The molecular formula is C19H21F3N2O6. The van der Waals surface area contributed by atoms with Crippen molar-refractivity contribution >= 4 is 11.7 Å². The first-order valence-electron chi connectivity index (χ1n) is 9.00. The lowest BCUT2D eigenvalue weighted by Crippen LogP contribution is -2.28. The molecule has 0 aliphatic heterocycles. The topological polar surface area (TPSA) is 110 Å². The number of benzene rings is 1. The fourth-order valence-corrected chi connectivity index (χ4v) is 2.70. The molecule has 8 nitrogen and oxygen atoms in total. The Labute approximate surface area is 169 Å². The highest BCUT2D eigenvalue weighted by atomic mass is 19.1. The summed E-state index contributed by atoms with van der Waals surface area (Å²) >= 11 is 0. The van der Waals surface area contributed by atoms with Crippen molar-refractivity contribution < 1.29 is 37.7 Å². The van der Waals surface area contributed by atoms with E-state index in [-0.39, 0.29) is 24.6 Å². The summed E-state index contributed by atoms with van der Waals surface area (Å²) in [7, 11) is 0. The van der Waals surface area contributed by atoms with Crippen LogP contribution >= 0.6 is 0 Å². The Morgan fingerprint density at radius 2 is 1.80 bits per heavy atom. The summed E-state index contributed by atoms with van der Waals surface area (Å²) in [5.41, 5.74) is -1.92. The number of halogens is 3. The van der Waals surface area contributed by atoms with E-state index in [9.17, 15) is 33.0 Å². The molecule has 30 heavy (non-hydrogen) atoms. The number of carbonyl (C=O) groups excluding carboxylic acids is 1. The highest BCUT2D eigenvalue weighted by molar-refractivity contribution is 5.91. The van der Waals surface area contributed by atoms with Crippen molar-refractivity contribution in [3.8, 4) is 5.75 Å². The maximum atomic E-state index is 13.9. The van der Waals surface area contributed by atoms with E-state index >= 15 is 0 Å². The van der Waals surface area contributed by atoms with Gasteiger partial charge in [0.15, 0.2) is 17.7 Å². The molecule has 0 atom stereocenters. The summed E-state index contributed by atoms with van der Waals surface area (Å²) in [5, 5.41) is 21.2. The Balaban J connectivity index is 2.53. The third kappa shape index (κ3) is 5.30. The van der Waals surface area contributed by atoms with Gasteiger partial charge in [0.05, 0.1) is 19.8 Å². The van der Waals surface area contributed by atoms with E-state index in [0.717, 1.165) is 10.8 Å². The van der Waals surface area contributed by atoms with Crippen molar-refractivity contribution in [1.29, 1.82) is 0 Å². The number of esters is 1. The van der Waals surface area contributed by atoms with Gasteiger partial charge in [0.25, 0.3) is 0 Å². The maximum Gasteiger partial charge on any atom is 0.359 e. The summed E-state index contributed by atoms with van der Waals surface area (Å²) in [6.45, 7) is 2.03. The van der Waals surface area contributed by atoms with Crippen LogP contribution in [0.2, 0.25) is 0 Å². The van der Waals surface area contributed by atoms with Crippen LogP contribution in [0.5, 0.6) is 5.75 Å². The minimum Gasteiger partial charge on any atom is -0.488 e. The molecule has 0 saturated heterocycles. The van der Waals surface area contributed by atoms with Gasteiger partial charge in [0.1, 0.15) is 23.1 Å². The molecule has 11 heteroatoms. The minimum atomic E-state index is -1.89. The Bertz CT molecular complexity index is 954. The smallest absolute Gasteiger partial charge is 0.359 e. The number of aliphatic hydroxyl groups is 2. The van der Waals surface area contributed by atoms with Crippen LogP contribution in [0, 0.1) is 17.5 Å². The molecule has 3 N–H and O–H groups in total. The van der Waals surface area contributed by atoms with Crippen molar-refractivity contribution in [3.05, 3.63) is 57.3 Å². The Kier molecular flexibility index (Phi) is 7.84. The van der Waals surface area contributed by atoms with Crippen molar-refractivity contribution in [2.24, 2.45) is 0 Å². The van der Waals surface area contributed by atoms with Crippen LogP contribution in [0.4, 0.5) is 18.9 Å². The van der Waals surface area contributed by atoms with E-state index in [1.807, 2.05) is 0 Å². The third-order valence-electron chi connectivity index (χ3n) is 3.92. The number of hydrogen-bond donors (Lipinski definition) is 3. The summed E-state index contributed by atoms with van der Waals surface area (Å²) in [6.07, 6.45) is -0.828. The third-order valence-corrected chi connectivity index (χ3v) is 3.92. The quantitative estimate of drug-likeness (QED) is 0.411. The molecular weight excluding hydrogens is 409 g/mol. The molecule has 0 saturated carbocycles. The summed E-state index contributed by atoms with van der Waals surface area (Å²) in [5.74, 6) is -4.76. The standard InChI is InChI=1S/C19H21F3N2O6/c1-3-29-18-16(19(28)30-4-2)24(9-15(25)26)8-14(17(18)27)23-7-11-12(21)5-10(20)6-13(11)22/h5-6,8,15,23,25-26H,3-4,7,9H2,1-2H3. The Hall–Kier alpha value is -3.05. The number of rotatable bonds is 9. The number of ether oxygens (including phenoxy) is 2. The van der Waals surface area contributed by atoms with E-state index in [1.165, 1.54) is 0 Å².